The Labute approximate surface area is 156 Å². The van der Waals surface area contributed by atoms with Crippen LogP contribution in [0.2, 0.25) is 0 Å². The zero-order valence-corrected chi connectivity index (χ0v) is 15.5. The van der Waals surface area contributed by atoms with Crippen molar-refractivity contribution in [3.8, 4) is 0 Å². The van der Waals surface area contributed by atoms with E-state index in [-0.39, 0.29) is 43.5 Å². The summed E-state index contributed by atoms with van der Waals surface area (Å²) in [6.45, 7) is 0. The van der Waals surface area contributed by atoms with Crippen LogP contribution in [0.5, 0.6) is 0 Å². The summed E-state index contributed by atoms with van der Waals surface area (Å²) in [7, 11) is 0. The monoisotopic (exact) mass is 391 g/mol. The molecule has 4 bridgehead atoms. The maximum absolute atomic E-state index is 13.9. The smallest absolute Gasteiger partial charge is 0.339 e. The largest absolute Gasteiger partial charge is 0.394 e. The quantitative estimate of drug-likeness (QED) is 0.798. The van der Waals surface area contributed by atoms with Crippen molar-refractivity contribution in [2.45, 2.75) is 81.3 Å². The van der Waals surface area contributed by atoms with Gasteiger partial charge in [0.15, 0.2) is 5.82 Å². The topological polar surface area (TPSA) is 64.9 Å². The van der Waals surface area contributed by atoms with Gasteiger partial charge < -0.3 is 10.3 Å². The Hall–Kier alpha value is -0.820. The fourth-order valence-electron chi connectivity index (χ4n) is 6.72. The summed E-state index contributed by atoms with van der Waals surface area (Å²) in [5.41, 5.74) is 3.70. The molecule has 5 aliphatic carbocycles. The summed E-state index contributed by atoms with van der Waals surface area (Å²) in [5.74, 6) is 1.16. The maximum atomic E-state index is 13.9. The van der Waals surface area contributed by atoms with Crippen molar-refractivity contribution in [1.82, 2.24) is 10.1 Å². The lowest BCUT2D eigenvalue weighted by Crippen LogP contribution is -2.59. The van der Waals surface area contributed by atoms with Crippen molar-refractivity contribution >= 4 is 12.4 Å². The van der Waals surface area contributed by atoms with Crippen LogP contribution in [-0.4, -0.2) is 16.3 Å². The van der Waals surface area contributed by atoms with Gasteiger partial charge in [-0.3, -0.25) is 0 Å². The van der Waals surface area contributed by atoms with Gasteiger partial charge >= 0.3 is 6.18 Å². The first-order chi connectivity index (χ1) is 11.7. The molecule has 2 unspecified atom stereocenters. The van der Waals surface area contributed by atoms with Crippen LogP contribution in [0, 0.1) is 17.3 Å². The highest BCUT2D eigenvalue weighted by Crippen LogP contribution is 2.69. The van der Waals surface area contributed by atoms with Gasteiger partial charge in [-0.1, -0.05) is 18.0 Å². The molecule has 0 spiro atoms. The van der Waals surface area contributed by atoms with Gasteiger partial charge in [-0.05, 0) is 63.2 Å². The van der Waals surface area contributed by atoms with Crippen LogP contribution in [-0.2, 0) is 11.0 Å². The van der Waals surface area contributed by atoms with Gasteiger partial charge in [0.25, 0.3) is 0 Å². The van der Waals surface area contributed by atoms with E-state index >= 15 is 0 Å². The second kappa shape index (κ2) is 5.60. The van der Waals surface area contributed by atoms with Crippen molar-refractivity contribution in [3.63, 3.8) is 0 Å². The zero-order chi connectivity index (χ0) is 17.5. The van der Waals surface area contributed by atoms with E-state index in [1.54, 1.807) is 0 Å². The normalized spacial score (nSPS) is 40.6. The molecule has 146 valence electrons. The first kappa shape index (κ1) is 18.5. The summed E-state index contributed by atoms with van der Waals surface area (Å²) < 4.78 is 47.3. The molecule has 1 heterocycles. The minimum Gasteiger partial charge on any atom is -0.339 e. The summed E-state index contributed by atoms with van der Waals surface area (Å²) in [6, 6.07) is 0. The third-order valence-corrected chi connectivity index (χ3v) is 7.48. The van der Waals surface area contributed by atoms with Crippen LogP contribution < -0.4 is 5.73 Å². The Morgan fingerprint density at radius 1 is 1.04 bits per heavy atom. The van der Waals surface area contributed by atoms with E-state index in [0.717, 1.165) is 44.9 Å². The summed E-state index contributed by atoms with van der Waals surface area (Å²) in [5, 5.41) is 4.12. The lowest BCUT2D eigenvalue weighted by Gasteiger charge is -2.60. The molecule has 5 saturated carbocycles. The van der Waals surface area contributed by atoms with Gasteiger partial charge in [0.2, 0.25) is 5.89 Å². The molecule has 0 amide bonds. The Bertz CT molecular complexity index is 684. The van der Waals surface area contributed by atoms with E-state index in [0.29, 0.717) is 11.7 Å². The van der Waals surface area contributed by atoms with Crippen LogP contribution in [0.25, 0.3) is 0 Å². The first-order valence-electron chi connectivity index (χ1n) is 9.44. The average molecular weight is 392 g/mol. The molecule has 5 aliphatic rings. The second-order valence-electron chi connectivity index (χ2n) is 9.31. The highest BCUT2D eigenvalue weighted by Gasteiger charge is 2.68. The molecule has 0 saturated heterocycles. The molecule has 4 nitrogen and oxygen atoms in total. The Balaban J connectivity index is 0.00000168. The van der Waals surface area contributed by atoms with Crippen LogP contribution in [0.1, 0.15) is 75.9 Å². The van der Waals surface area contributed by atoms with E-state index in [9.17, 15) is 13.2 Å². The molecule has 0 aromatic carbocycles. The lowest BCUT2D eigenvalue weighted by atomic mass is 9.44. The van der Waals surface area contributed by atoms with Gasteiger partial charge in [0, 0.05) is 0 Å². The second-order valence-corrected chi connectivity index (χ2v) is 9.31. The number of rotatable bonds is 2. The molecule has 2 N–H and O–H groups in total. The standard InChI is InChI=1S/C18H24F3N3O.ClH/c19-18(20,21)16-8-11-5-12(9-16)7-15(6-11,10-16)14-23-13(24-25-14)17(22)3-1-2-4-17;/h11-12H,1-10,22H2;1H. The van der Waals surface area contributed by atoms with E-state index in [2.05, 4.69) is 10.1 Å². The van der Waals surface area contributed by atoms with Crippen molar-refractivity contribution in [2.75, 3.05) is 0 Å². The summed E-state index contributed by atoms with van der Waals surface area (Å²) in [4.78, 5) is 4.60. The van der Waals surface area contributed by atoms with Crippen molar-refractivity contribution < 1.29 is 17.7 Å². The van der Waals surface area contributed by atoms with Crippen molar-refractivity contribution in [3.05, 3.63) is 11.7 Å². The predicted octanol–water partition coefficient (Wildman–Crippen LogP) is 4.62. The number of halogens is 4. The van der Waals surface area contributed by atoms with Crippen molar-refractivity contribution in [1.29, 1.82) is 0 Å². The molecule has 0 aliphatic heterocycles. The highest BCUT2D eigenvalue weighted by atomic mass is 35.5. The predicted molar refractivity (Wildman–Crippen MR) is 90.7 cm³/mol. The number of nitrogens with zero attached hydrogens (tertiary/aromatic N) is 2. The van der Waals surface area contributed by atoms with Crippen LogP contribution in [0.15, 0.2) is 4.52 Å². The number of hydrogen-bond acceptors (Lipinski definition) is 4. The molecule has 5 fully saturated rings. The Morgan fingerprint density at radius 2 is 1.65 bits per heavy atom. The van der Waals surface area contributed by atoms with E-state index in [1.807, 2.05) is 0 Å². The molecule has 1 aromatic heterocycles. The average Bonchev–Trinajstić information content (AvgIpc) is 3.14. The molecular formula is C18H25ClF3N3O. The van der Waals surface area contributed by atoms with Gasteiger partial charge in [-0.2, -0.15) is 18.2 Å². The molecule has 6 rings (SSSR count). The lowest BCUT2D eigenvalue weighted by molar-refractivity contribution is -0.279. The fourth-order valence-corrected chi connectivity index (χ4v) is 6.72. The SMILES string of the molecule is Cl.NC1(c2noc(C34CC5CC(C3)CC(C(F)(F)F)(C5)C4)n2)CCCC1. The summed E-state index contributed by atoms with van der Waals surface area (Å²) in [6.07, 6.45) is 2.62. The molecule has 26 heavy (non-hydrogen) atoms. The number of aromatic nitrogens is 2. The van der Waals surface area contributed by atoms with Crippen LogP contribution >= 0.6 is 12.4 Å². The van der Waals surface area contributed by atoms with E-state index < -0.39 is 22.5 Å². The number of hydrogen-bond donors (Lipinski definition) is 1. The third kappa shape index (κ3) is 2.45. The zero-order valence-electron chi connectivity index (χ0n) is 14.6. The van der Waals surface area contributed by atoms with Gasteiger partial charge in [-0.15, -0.1) is 12.4 Å². The Kier molecular flexibility index (Phi) is 3.99. The van der Waals surface area contributed by atoms with E-state index in [4.69, 9.17) is 10.3 Å². The Morgan fingerprint density at radius 3 is 2.23 bits per heavy atom. The molecule has 2 atom stereocenters. The maximum Gasteiger partial charge on any atom is 0.394 e. The van der Waals surface area contributed by atoms with Crippen LogP contribution in [0.4, 0.5) is 13.2 Å². The molecule has 8 heteroatoms. The van der Waals surface area contributed by atoms with Gasteiger partial charge in [0.1, 0.15) is 0 Å². The molecule has 0 radical (unpaired) electrons. The highest BCUT2D eigenvalue weighted by molar-refractivity contribution is 5.85. The van der Waals surface area contributed by atoms with E-state index in [1.165, 1.54) is 0 Å². The third-order valence-electron chi connectivity index (χ3n) is 7.48. The summed E-state index contributed by atoms with van der Waals surface area (Å²) >= 11 is 0. The first-order valence-corrected chi connectivity index (χ1v) is 9.44. The number of nitrogens with two attached hydrogens (primary N) is 1. The fraction of sp³-hybridized carbons (Fsp3) is 0.889. The number of alkyl halides is 3. The molecular weight excluding hydrogens is 367 g/mol. The van der Waals surface area contributed by atoms with Gasteiger partial charge in [0.05, 0.1) is 16.4 Å². The minimum atomic E-state index is -4.15. The molecule has 1 aromatic rings. The minimum absolute atomic E-state index is 0. The van der Waals surface area contributed by atoms with Crippen LogP contribution in [0.3, 0.4) is 0 Å². The van der Waals surface area contributed by atoms with Crippen molar-refractivity contribution in [2.24, 2.45) is 23.0 Å². The van der Waals surface area contributed by atoms with Gasteiger partial charge in [-0.25, -0.2) is 0 Å².